The quantitative estimate of drug-likeness (QED) is 0.323. The molecule has 0 aliphatic carbocycles. The van der Waals surface area contributed by atoms with E-state index in [0.717, 1.165) is 36.5 Å². The molecule has 1 fully saturated rings. The lowest BCUT2D eigenvalue weighted by atomic mass is 10.0. The van der Waals surface area contributed by atoms with Crippen molar-refractivity contribution in [1.29, 1.82) is 0 Å². The Hall–Kier alpha value is -3.49. The zero-order valence-corrected chi connectivity index (χ0v) is 24.4. The summed E-state index contributed by atoms with van der Waals surface area (Å²) >= 11 is 6.12. The molecule has 9 heteroatoms. The van der Waals surface area contributed by atoms with Crippen LogP contribution >= 0.6 is 11.6 Å². The summed E-state index contributed by atoms with van der Waals surface area (Å²) in [6, 6.07) is 19.7. The van der Waals surface area contributed by atoms with Gasteiger partial charge in [-0.15, -0.1) is 0 Å². The summed E-state index contributed by atoms with van der Waals surface area (Å²) in [7, 11) is 1.69. The highest BCUT2D eigenvalue weighted by atomic mass is 35.5. The largest absolute Gasteiger partial charge is 0.496 e. The van der Waals surface area contributed by atoms with Gasteiger partial charge in [0.25, 0.3) is 0 Å². The average Bonchev–Trinajstić information content (AvgIpc) is 2.92. The van der Waals surface area contributed by atoms with Crippen LogP contribution in [-0.2, 0) is 22.6 Å². The van der Waals surface area contributed by atoms with Crippen LogP contribution in [0.2, 0.25) is 5.02 Å². The van der Waals surface area contributed by atoms with Gasteiger partial charge in [0.1, 0.15) is 18.0 Å². The number of ether oxygens (including phenoxy) is 3. The first-order chi connectivity index (χ1) is 19.1. The Bertz CT molecular complexity index is 1320. The summed E-state index contributed by atoms with van der Waals surface area (Å²) in [6.45, 7) is 9.32. The van der Waals surface area contributed by atoms with Gasteiger partial charge in [0.15, 0.2) is 0 Å². The predicted molar refractivity (Wildman–Crippen MR) is 157 cm³/mol. The van der Waals surface area contributed by atoms with Crippen molar-refractivity contribution in [2.45, 2.75) is 39.5 Å². The number of halogens is 1. The standard InChI is InChI=1S/C31H38ClN3O5/c1-31(2,3)40-30(37)35(21-23-8-7-10-25(32)20-23)18-19-39-29(36)34-16-14-33(15-17-34)22-27-26-11-6-5-9-24(26)12-13-28(27)38-4/h5-13,20H,14-19,21-22H2,1-4H3. The van der Waals surface area contributed by atoms with Crippen LogP contribution in [0.1, 0.15) is 31.9 Å². The molecule has 0 radical (unpaired) electrons. The maximum atomic E-state index is 12.8. The van der Waals surface area contributed by atoms with Gasteiger partial charge >= 0.3 is 12.2 Å². The first-order valence-electron chi connectivity index (χ1n) is 13.5. The second-order valence-electron chi connectivity index (χ2n) is 10.9. The lowest BCUT2D eigenvalue weighted by Crippen LogP contribution is -2.48. The molecule has 40 heavy (non-hydrogen) atoms. The molecular weight excluding hydrogens is 530 g/mol. The van der Waals surface area contributed by atoms with Gasteiger partial charge in [-0.3, -0.25) is 4.90 Å². The topological polar surface area (TPSA) is 71.6 Å². The molecule has 2 amide bonds. The van der Waals surface area contributed by atoms with E-state index in [-0.39, 0.29) is 19.2 Å². The molecule has 214 valence electrons. The fourth-order valence-corrected chi connectivity index (χ4v) is 4.95. The highest BCUT2D eigenvalue weighted by Gasteiger charge is 2.25. The number of nitrogens with zero attached hydrogens (tertiary/aromatic N) is 3. The van der Waals surface area contributed by atoms with Crippen LogP contribution in [-0.4, -0.2) is 78.9 Å². The minimum absolute atomic E-state index is 0.0616. The van der Waals surface area contributed by atoms with Crippen LogP contribution in [0.3, 0.4) is 0 Å². The van der Waals surface area contributed by atoms with Gasteiger partial charge in [-0.2, -0.15) is 0 Å². The highest BCUT2D eigenvalue weighted by Crippen LogP contribution is 2.29. The second kappa shape index (κ2) is 13.2. The molecule has 1 aliphatic rings. The number of amides is 2. The van der Waals surface area contributed by atoms with Crippen LogP contribution in [0.4, 0.5) is 9.59 Å². The van der Waals surface area contributed by atoms with Gasteiger partial charge in [0.2, 0.25) is 0 Å². The first kappa shape index (κ1) is 29.5. The second-order valence-corrected chi connectivity index (χ2v) is 11.3. The number of hydrogen-bond donors (Lipinski definition) is 0. The van der Waals surface area contributed by atoms with E-state index >= 15 is 0 Å². The molecule has 3 aromatic carbocycles. The van der Waals surface area contributed by atoms with Crippen molar-refractivity contribution in [3.05, 3.63) is 76.8 Å². The molecule has 1 aliphatic heterocycles. The van der Waals surface area contributed by atoms with E-state index in [1.54, 1.807) is 24.1 Å². The molecule has 0 N–H and O–H groups in total. The molecular formula is C31H38ClN3O5. The van der Waals surface area contributed by atoms with Crippen molar-refractivity contribution in [2.24, 2.45) is 0 Å². The molecule has 1 heterocycles. The Balaban J connectivity index is 1.30. The fraction of sp³-hybridized carbons (Fsp3) is 0.419. The first-order valence-corrected chi connectivity index (χ1v) is 13.9. The van der Waals surface area contributed by atoms with E-state index in [1.165, 1.54) is 15.7 Å². The minimum Gasteiger partial charge on any atom is -0.496 e. The Morgan fingerprint density at radius 3 is 2.42 bits per heavy atom. The zero-order valence-electron chi connectivity index (χ0n) is 23.7. The van der Waals surface area contributed by atoms with Crippen LogP contribution in [0.5, 0.6) is 5.75 Å². The Kier molecular flexibility index (Phi) is 9.76. The van der Waals surface area contributed by atoms with E-state index in [2.05, 4.69) is 23.1 Å². The molecule has 4 rings (SSSR count). The monoisotopic (exact) mass is 567 g/mol. The third kappa shape index (κ3) is 8.02. The number of benzene rings is 3. The Labute approximate surface area is 241 Å². The van der Waals surface area contributed by atoms with Gasteiger partial charge in [-0.25, -0.2) is 9.59 Å². The van der Waals surface area contributed by atoms with Gasteiger partial charge < -0.3 is 24.0 Å². The van der Waals surface area contributed by atoms with Crippen LogP contribution in [0.15, 0.2) is 60.7 Å². The van der Waals surface area contributed by atoms with E-state index in [1.807, 2.05) is 51.1 Å². The number of hydrogen-bond acceptors (Lipinski definition) is 6. The average molecular weight is 568 g/mol. The zero-order chi connectivity index (χ0) is 28.7. The molecule has 3 aromatic rings. The van der Waals surface area contributed by atoms with Crippen molar-refractivity contribution < 1.29 is 23.8 Å². The Morgan fingerprint density at radius 2 is 1.73 bits per heavy atom. The summed E-state index contributed by atoms with van der Waals surface area (Å²) in [5.41, 5.74) is 1.37. The van der Waals surface area contributed by atoms with Gasteiger partial charge in [-0.05, 0) is 55.3 Å². The van der Waals surface area contributed by atoms with Gasteiger partial charge in [0.05, 0.1) is 13.7 Å². The number of rotatable bonds is 8. The van der Waals surface area contributed by atoms with Gasteiger partial charge in [0, 0.05) is 49.9 Å². The third-order valence-electron chi connectivity index (χ3n) is 6.73. The molecule has 8 nitrogen and oxygen atoms in total. The van der Waals surface area contributed by atoms with E-state index in [0.29, 0.717) is 24.7 Å². The van der Waals surface area contributed by atoms with Crippen LogP contribution in [0, 0.1) is 0 Å². The molecule has 0 atom stereocenters. The molecule has 0 unspecified atom stereocenters. The van der Waals surface area contributed by atoms with Crippen molar-refractivity contribution in [3.63, 3.8) is 0 Å². The molecule has 0 bridgehead atoms. The maximum absolute atomic E-state index is 12.8. The van der Waals surface area contributed by atoms with Gasteiger partial charge in [-0.1, -0.05) is 54.1 Å². The van der Waals surface area contributed by atoms with Crippen LogP contribution < -0.4 is 4.74 Å². The van der Waals surface area contributed by atoms with Crippen molar-refractivity contribution in [2.75, 3.05) is 46.4 Å². The van der Waals surface area contributed by atoms with E-state index in [9.17, 15) is 9.59 Å². The Morgan fingerprint density at radius 1 is 0.975 bits per heavy atom. The third-order valence-corrected chi connectivity index (χ3v) is 6.97. The molecule has 0 aromatic heterocycles. The lowest BCUT2D eigenvalue weighted by Gasteiger charge is -2.34. The number of carbonyl (C=O) groups is 2. The van der Waals surface area contributed by atoms with Crippen molar-refractivity contribution in [1.82, 2.24) is 14.7 Å². The number of carbonyl (C=O) groups excluding carboxylic acids is 2. The van der Waals surface area contributed by atoms with E-state index in [4.69, 9.17) is 25.8 Å². The van der Waals surface area contributed by atoms with Crippen molar-refractivity contribution >= 4 is 34.6 Å². The normalized spacial score (nSPS) is 14.2. The minimum atomic E-state index is -0.643. The summed E-state index contributed by atoms with van der Waals surface area (Å²) in [4.78, 5) is 31.2. The summed E-state index contributed by atoms with van der Waals surface area (Å²) < 4.78 is 16.8. The predicted octanol–water partition coefficient (Wildman–Crippen LogP) is 6.19. The van der Waals surface area contributed by atoms with E-state index < -0.39 is 11.7 Å². The SMILES string of the molecule is COc1ccc2ccccc2c1CN1CCN(C(=O)OCCN(Cc2cccc(Cl)c2)C(=O)OC(C)(C)C)CC1. The summed E-state index contributed by atoms with van der Waals surface area (Å²) in [5, 5.41) is 2.94. The molecule has 0 saturated carbocycles. The smallest absolute Gasteiger partial charge is 0.410 e. The number of fused-ring (bicyclic) bond motifs is 1. The number of piperazine rings is 1. The maximum Gasteiger partial charge on any atom is 0.410 e. The highest BCUT2D eigenvalue weighted by molar-refractivity contribution is 6.30. The molecule has 1 saturated heterocycles. The lowest BCUT2D eigenvalue weighted by molar-refractivity contribution is 0.0165. The van der Waals surface area contributed by atoms with Crippen molar-refractivity contribution in [3.8, 4) is 5.75 Å². The summed E-state index contributed by atoms with van der Waals surface area (Å²) in [5.74, 6) is 0.868. The fourth-order valence-electron chi connectivity index (χ4n) is 4.73. The summed E-state index contributed by atoms with van der Waals surface area (Å²) in [6.07, 6.45) is -0.852. The number of methoxy groups -OCH3 is 1. The van der Waals surface area contributed by atoms with Crippen LogP contribution in [0.25, 0.3) is 10.8 Å². The molecule has 0 spiro atoms.